The summed E-state index contributed by atoms with van der Waals surface area (Å²) in [6.07, 6.45) is 1.99. The maximum atomic E-state index is 12.2. The number of hydrogen-bond donors (Lipinski definition) is 2. The molecule has 1 aromatic heterocycles. The number of H-pyrrole nitrogens is 1. The molecule has 0 radical (unpaired) electrons. The van der Waals surface area contributed by atoms with E-state index in [2.05, 4.69) is 15.2 Å². The molecular weight excluding hydrogens is 260 g/mol. The Kier molecular flexibility index (Phi) is 2.94. The third-order valence-electron chi connectivity index (χ3n) is 3.37. The lowest BCUT2D eigenvalue weighted by Gasteiger charge is -2.28. The minimum absolute atomic E-state index is 0.197. The largest absolute Gasteiger partial charge is 0.478 e. The van der Waals surface area contributed by atoms with Gasteiger partial charge in [-0.1, -0.05) is 6.07 Å². The van der Waals surface area contributed by atoms with Crippen LogP contribution >= 0.6 is 0 Å². The molecule has 0 unspecified atom stereocenters. The number of carboxylic acids is 1. The molecule has 0 aliphatic carbocycles. The fraction of sp³-hybridized carbons (Fsp3) is 0.231. The number of aromatic amines is 1. The van der Waals surface area contributed by atoms with Gasteiger partial charge >= 0.3 is 5.97 Å². The van der Waals surface area contributed by atoms with Crippen LogP contribution in [0.3, 0.4) is 0 Å². The third kappa shape index (κ3) is 2.13. The van der Waals surface area contributed by atoms with Crippen LogP contribution in [0.1, 0.15) is 32.1 Å². The molecule has 7 nitrogen and oxygen atoms in total. The van der Waals surface area contributed by atoms with Crippen LogP contribution in [0, 0.1) is 0 Å². The molecule has 3 rings (SSSR count). The van der Waals surface area contributed by atoms with E-state index in [0.29, 0.717) is 19.5 Å². The molecule has 1 amide bonds. The van der Waals surface area contributed by atoms with Gasteiger partial charge in [0.25, 0.3) is 5.91 Å². The summed E-state index contributed by atoms with van der Waals surface area (Å²) in [7, 11) is 0. The fourth-order valence-corrected chi connectivity index (χ4v) is 2.32. The first-order valence-electron chi connectivity index (χ1n) is 6.15. The van der Waals surface area contributed by atoms with Gasteiger partial charge in [-0.3, -0.25) is 9.89 Å². The van der Waals surface area contributed by atoms with Crippen molar-refractivity contribution in [2.24, 2.45) is 0 Å². The first kappa shape index (κ1) is 12.3. The van der Waals surface area contributed by atoms with Crippen molar-refractivity contribution in [1.82, 2.24) is 20.1 Å². The summed E-state index contributed by atoms with van der Waals surface area (Å²) < 4.78 is 0. The molecule has 1 aliphatic rings. The smallest absolute Gasteiger partial charge is 0.335 e. The molecule has 2 heterocycles. The zero-order valence-corrected chi connectivity index (χ0v) is 10.5. The molecule has 0 atom stereocenters. The van der Waals surface area contributed by atoms with E-state index in [1.807, 2.05) is 6.07 Å². The topological polar surface area (TPSA) is 99.2 Å². The number of nitrogens with one attached hydrogen (secondary N) is 1. The van der Waals surface area contributed by atoms with E-state index in [-0.39, 0.29) is 17.3 Å². The van der Waals surface area contributed by atoms with Gasteiger partial charge in [-0.2, -0.15) is 5.10 Å². The van der Waals surface area contributed by atoms with Crippen LogP contribution in [0.4, 0.5) is 0 Å². The lowest BCUT2D eigenvalue weighted by Crippen LogP contribution is -2.36. The minimum atomic E-state index is -0.966. The quantitative estimate of drug-likeness (QED) is 0.838. The standard InChI is InChI=1S/C13H12N4O3/c18-12(11-14-7-15-16-11)17-4-3-8-1-2-9(13(19)20)5-10(8)6-17/h1-2,5,7H,3-4,6H2,(H,19,20)(H,14,15,16). The highest BCUT2D eigenvalue weighted by atomic mass is 16.4. The number of rotatable bonds is 2. The SMILES string of the molecule is O=C(O)c1ccc2c(c1)CN(C(=O)c1ncn[nH]1)CC2. The van der Waals surface area contributed by atoms with Crippen molar-refractivity contribution in [2.45, 2.75) is 13.0 Å². The van der Waals surface area contributed by atoms with E-state index in [1.54, 1.807) is 17.0 Å². The number of fused-ring (bicyclic) bond motifs is 1. The fourth-order valence-electron chi connectivity index (χ4n) is 2.32. The Morgan fingerprint density at radius 2 is 2.15 bits per heavy atom. The van der Waals surface area contributed by atoms with Gasteiger partial charge in [-0.15, -0.1) is 0 Å². The Balaban J connectivity index is 1.85. The summed E-state index contributed by atoms with van der Waals surface area (Å²) in [4.78, 5) is 28.6. The summed E-state index contributed by atoms with van der Waals surface area (Å²) in [5, 5.41) is 15.2. The Labute approximate surface area is 114 Å². The number of carbonyl (C=O) groups is 2. The number of aromatic nitrogens is 3. The summed E-state index contributed by atoms with van der Waals surface area (Å²) in [5.41, 5.74) is 2.18. The molecule has 20 heavy (non-hydrogen) atoms. The number of amides is 1. The number of benzene rings is 1. The van der Waals surface area contributed by atoms with Crippen molar-refractivity contribution in [3.63, 3.8) is 0 Å². The molecule has 0 saturated heterocycles. The highest BCUT2D eigenvalue weighted by molar-refractivity contribution is 5.91. The first-order chi connectivity index (χ1) is 9.65. The van der Waals surface area contributed by atoms with Gasteiger partial charge in [0.05, 0.1) is 5.56 Å². The highest BCUT2D eigenvalue weighted by Gasteiger charge is 2.24. The summed E-state index contributed by atoms with van der Waals surface area (Å²) >= 11 is 0. The average Bonchev–Trinajstić information content (AvgIpc) is 2.99. The zero-order chi connectivity index (χ0) is 14.1. The predicted molar refractivity (Wildman–Crippen MR) is 68.2 cm³/mol. The van der Waals surface area contributed by atoms with Gasteiger partial charge in [-0.05, 0) is 29.7 Å². The highest BCUT2D eigenvalue weighted by Crippen LogP contribution is 2.21. The Morgan fingerprint density at radius 1 is 1.30 bits per heavy atom. The van der Waals surface area contributed by atoms with Gasteiger partial charge < -0.3 is 10.0 Å². The normalized spacial score (nSPS) is 13.9. The van der Waals surface area contributed by atoms with E-state index in [9.17, 15) is 9.59 Å². The molecule has 0 spiro atoms. The predicted octanol–water partition coefficient (Wildman–Crippen LogP) is 0.701. The van der Waals surface area contributed by atoms with Crippen molar-refractivity contribution >= 4 is 11.9 Å². The van der Waals surface area contributed by atoms with Crippen LogP contribution in [-0.2, 0) is 13.0 Å². The number of carboxylic acid groups (broad SMARTS) is 1. The van der Waals surface area contributed by atoms with Crippen molar-refractivity contribution < 1.29 is 14.7 Å². The van der Waals surface area contributed by atoms with Crippen LogP contribution in [0.5, 0.6) is 0 Å². The zero-order valence-electron chi connectivity index (χ0n) is 10.5. The second kappa shape index (κ2) is 4.76. The molecule has 2 aromatic rings. The van der Waals surface area contributed by atoms with Gasteiger partial charge in [0, 0.05) is 13.1 Å². The van der Waals surface area contributed by atoms with E-state index >= 15 is 0 Å². The molecular formula is C13H12N4O3. The summed E-state index contributed by atoms with van der Waals surface area (Å²) in [6, 6.07) is 5.03. The lowest BCUT2D eigenvalue weighted by atomic mass is 9.97. The Hall–Kier alpha value is -2.70. The van der Waals surface area contributed by atoms with E-state index < -0.39 is 5.97 Å². The Morgan fingerprint density at radius 3 is 2.85 bits per heavy atom. The van der Waals surface area contributed by atoms with E-state index in [4.69, 9.17) is 5.11 Å². The van der Waals surface area contributed by atoms with Crippen molar-refractivity contribution in [3.8, 4) is 0 Å². The number of carbonyl (C=O) groups excluding carboxylic acids is 1. The van der Waals surface area contributed by atoms with Crippen LogP contribution < -0.4 is 0 Å². The molecule has 0 fully saturated rings. The molecule has 7 heteroatoms. The van der Waals surface area contributed by atoms with E-state index in [0.717, 1.165) is 11.1 Å². The van der Waals surface area contributed by atoms with Gasteiger partial charge in [0.15, 0.2) is 0 Å². The third-order valence-corrected chi connectivity index (χ3v) is 3.37. The molecule has 0 bridgehead atoms. The lowest BCUT2D eigenvalue weighted by molar-refractivity contribution is 0.0696. The van der Waals surface area contributed by atoms with Crippen molar-refractivity contribution in [3.05, 3.63) is 47.0 Å². The van der Waals surface area contributed by atoms with Crippen LogP contribution in [0.2, 0.25) is 0 Å². The summed E-state index contributed by atoms with van der Waals surface area (Å²) in [6.45, 7) is 0.967. The van der Waals surface area contributed by atoms with Crippen LogP contribution in [0.15, 0.2) is 24.5 Å². The monoisotopic (exact) mass is 272 g/mol. The van der Waals surface area contributed by atoms with Gasteiger partial charge in [0.1, 0.15) is 6.33 Å². The molecule has 1 aromatic carbocycles. The van der Waals surface area contributed by atoms with Crippen molar-refractivity contribution in [1.29, 1.82) is 0 Å². The number of hydrogen-bond acceptors (Lipinski definition) is 4. The van der Waals surface area contributed by atoms with Crippen molar-refractivity contribution in [2.75, 3.05) is 6.54 Å². The molecule has 2 N–H and O–H groups in total. The Bertz CT molecular complexity index is 666. The minimum Gasteiger partial charge on any atom is -0.478 e. The second-order valence-corrected chi connectivity index (χ2v) is 4.60. The number of aromatic carboxylic acids is 1. The molecule has 1 aliphatic heterocycles. The van der Waals surface area contributed by atoms with Crippen LogP contribution in [0.25, 0.3) is 0 Å². The van der Waals surface area contributed by atoms with Crippen LogP contribution in [-0.4, -0.2) is 43.6 Å². The van der Waals surface area contributed by atoms with E-state index in [1.165, 1.54) is 6.33 Å². The van der Waals surface area contributed by atoms with Gasteiger partial charge in [0.2, 0.25) is 5.82 Å². The average molecular weight is 272 g/mol. The van der Waals surface area contributed by atoms with Gasteiger partial charge in [-0.25, -0.2) is 9.78 Å². The maximum absolute atomic E-state index is 12.2. The first-order valence-corrected chi connectivity index (χ1v) is 6.15. The molecule has 102 valence electrons. The second-order valence-electron chi connectivity index (χ2n) is 4.60. The summed E-state index contributed by atoms with van der Waals surface area (Å²) in [5.74, 6) is -0.997. The molecule has 0 saturated carbocycles. The number of nitrogens with zero attached hydrogens (tertiary/aromatic N) is 3. The maximum Gasteiger partial charge on any atom is 0.335 e.